The number of carbonyl (C=O) groups excluding carboxylic acids is 2. The molecule has 39 heavy (non-hydrogen) atoms. The molecule has 0 fully saturated rings. The molecule has 1 heterocycles. The first kappa shape index (κ1) is 31.2. The van der Waals surface area contributed by atoms with Crippen LogP contribution in [-0.2, 0) is 34.1 Å². The maximum atomic E-state index is 13.8. The fourth-order valence-corrected chi connectivity index (χ4v) is 3.60. The van der Waals surface area contributed by atoms with Gasteiger partial charge in [-0.25, -0.2) is 9.59 Å². The van der Waals surface area contributed by atoms with E-state index in [9.17, 15) is 43.0 Å². The molecule has 1 aliphatic rings. The Morgan fingerprint density at radius 1 is 1.05 bits per heavy atom. The van der Waals surface area contributed by atoms with E-state index in [1.807, 2.05) is 0 Å². The third-order valence-corrected chi connectivity index (χ3v) is 5.12. The third-order valence-electron chi connectivity index (χ3n) is 4.81. The van der Waals surface area contributed by atoms with Gasteiger partial charge >= 0.3 is 18.3 Å². The first-order chi connectivity index (χ1) is 17.9. The van der Waals surface area contributed by atoms with Gasteiger partial charge in [-0.05, 0) is 29.2 Å². The molecule has 216 valence electrons. The van der Waals surface area contributed by atoms with Crippen LogP contribution >= 0.6 is 11.6 Å². The van der Waals surface area contributed by atoms with Crippen molar-refractivity contribution in [1.82, 2.24) is 0 Å². The number of ether oxygens (including phenoxy) is 4. The molecular weight excluding hydrogens is 565 g/mol. The van der Waals surface area contributed by atoms with E-state index in [1.165, 1.54) is 12.1 Å². The highest BCUT2D eigenvalue weighted by Gasteiger charge is 2.49. The van der Waals surface area contributed by atoms with Crippen LogP contribution in [0.5, 0.6) is 5.75 Å². The van der Waals surface area contributed by atoms with Crippen molar-refractivity contribution in [2.45, 2.75) is 57.8 Å². The molecule has 0 radical (unpaired) electrons. The predicted molar refractivity (Wildman–Crippen MR) is 121 cm³/mol. The third kappa shape index (κ3) is 9.05. The van der Waals surface area contributed by atoms with Crippen LogP contribution in [0.15, 0.2) is 17.7 Å². The van der Waals surface area contributed by atoms with Crippen LogP contribution in [0.25, 0.3) is 6.08 Å². The molecule has 2 atom stereocenters. The molecule has 0 saturated carbocycles. The molecule has 0 aliphatic carbocycles. The SMILES string of the molecule is CC(OC(=O)OC(CO[N+](=O)[O-])CO[N+](=O)[O-])OC(=O)C1=Cc2cc(Cl)c(C(C)(C)C)cc2OC1C(F)(F)F. The quantitative estimate of drug-likeness (QED) is 0.166. The van der Waals surface area contributed by atoms with Crippen LogP contribution in [0, 0.1) is 20.2 Å². The van der Waals surface area contributed by atoms with Crippen molar-refractivity contribution in [3.63, 3.8) is 0 Å². The Morgan fingerprint density at radius 3 is 2.10 bits per heavy atom. The Balaban J connectivity index is 2.18. The average Bonchev–Trinajstić information content (AvgIpc) is 2.77. The number of nitrogens with zero attached hydrogens (tertiary/aromatic N) is 2. The van der Waals surface area contributed by atoms with E-state index in [1.54, 1.807) is 20.8 Å². The Bertz CT molecular complexity index is 1130. The second kappa shape index (κ2) is 12.2. The van der Waals surface area contributed by atoms with Gasteiger partial charge in [0.05, 0.1) is 5.57 Å². The van der Waals surface area contributed by atoms with E-state index >= 15 is 0 Å². The monoisotopic (exact) mass is 586 g/mol. The molecule has 0 bridgehead atoms. The molecule has 1 aliphatic heterocycles. The number of fused-ring (bicyclic) bond motifs is 1. The highest BCUT2D eigenvalue weighted by molar-refractivity contribution is 6.31. The zero-order valence-electron chi connectivity index (χ0n) is 20.7. The molecule has 14 nitrogen and oxygen atoms in total. The van der Waals surface area contributed by atoms with Gasteiger partial charge in [-0.2, -0.15) is 13.2 Å². The van der Waals surface area contributed by atoms with Gasteiger partial charge in [-0.1, -0.05) is 32.4 Å². The molecule has 1 aromatic carbocycles. The number of benzene rings is 1. The van der Waals surface area contributed by atoms with Gasteiger partial charge in [-0.3, -0.25) is 0 Å². The summed E-state index contributed by atoms with van der Waals surface area (Å²) in [5.41, 5.74) is -0.936. The maximum absolute atomic E-state index is 13.8. The number of esters is 1. The second-order valence-corrected chi connectivity index (χ2v) is 9.29. The van der Waals surface area contributed by atoms with Crippen molar-refractivity contribution in [3.05, 3.63) is 54.1 Å². The highest BCUT2D eigenvalue weighted by Crippen LogP contribution is 2.42. The summed E-state index contributed by atoms with van der Waals surface area (Å²) in [4.78, 5) is 53.1. The van der Waals surface area contributed by atoms with Gasteiger partial charge in [0.1, 0.15) is 19.0 Å². The molecule has 0 aromatic heterocycles. The predicted octanol–water partition coefficient (Wildman–Crippen LogP) is 4.17. The average molecular weight is 587 g/mol. The summed E-state index contributed by atoms with van der Waals surface area (Å²) in [5.74, 6) is -1.74. The highest BCUT2D eigenvalue weighted by atomic mass is 35.5. The van der Waals surface area contributed by atoms with Crippen LogP contribution in [0.4, 0.5) is 18.0 Å². The van der Waals surface area contributed by atoms with E-state index < -0.39 is 71.2 Å². The maximum Gasteiger partial charge on any atom is 0.511 e. The summed E-state index contributed by atoms with van der Waals surface area (Å²) in [6, 6.07) is 2.67. The minimum atomic E-state index is -5.05. The van der Waals surface area contributed by atoms with Crippen molar-refractivity contribution < 1.29 is 61.6 Å². The molecule has 0 amide bonds. The lowest BCUT2D eigenvalue weighted by atomic mass is 9.85. The number of alkyl halides is 3. The molecule has 0 saturated heterocycles. The van der Waals surface area contributed by atoms with E-state index in [0.29, 0.717) is 5.56 Å². The second-order valence-electron chi connectivity index (χ2n) is 8.88. The van der Waals surface area contributed by atoms with Crippen LogP contribution in [-0.4, -0.2) is 60.2 Å². The van der Waals surface area contributed by atoms with E-state index in [-0.39, 0.29) is 16.3 Å². The number of halogens is 4. The Hall–Kier alpha value is -4.02. The van der Waals surface area contributed by atoms with E-state index in [2.05, 4.69) is 19.1 Å². The summed E-state index contributed by atoms with van der Waals surface area (Å²) in [6.45, 7) is 4.36. The lowest BCUT2D eigenvalue weighted by Crippen LogP contribution is -2.41. The normalized spacial score (nSPS) is 15.7. The Kier molecular flexibility index (Phi) is 9.78. The van der Waals surface area contributed by atoms with Gasteiger partial charge in [0.15, 0.2) is 6.10 Å². The Morgan fingerprint density at radius 2 is 1.62 bits per heavy atom. The van der Waals surface area contributed by atoms with Crippen LogP contribution in [0.3, 0.4) is 0 Å². The smallest absolute Gasteiger partial charge is 0.475 e. The van der Waals surface area contributed by atoms with Gasteiger partial charge in [0.2, 0.25) is 12.4 Å². The summed E-state index contributed by atoms with van der Waals surface area (Å²) < 4.78 is 60.4. The lowest BCUT2D eigenvalue weighted by Gasteiger charge is -2.30. The molecular formula is C21H22ClF3N2O12. The van der Waals surface area contributed by atoms with Gasteiger partial charge < -0.3 is 28.6 Å². The van der Waals surface area contributed by atoms with Gasteiger partial charge in [0.25, 0.3) is 10.2 Å². The number of hydrogen-bond acceptors (Lipinski definition) is 12. The summed E-state index contributed by atoms with van der Waals surface area (Å²) >= 11 is 6.27. The summed E-state index contributed by atoms with van der Waals surface area (Å²) in [7, 11) is 0. The minimum Gasteiger partial charge on any atom is -0.475 e. The number of hydrogen-bond donors (Lipinski definition) is 0. The minimum absolute atomic E-state index is 0.0628. The van der Waals surface area contributed by atoms with E-state index in [4.69, 9.17) is 21.1 Å². The zero-order valence-corrected chi connectivity index (χ0v) is 21.4. The van der Waals surface area contributed by atoms with Crippen LogP contribution in [0.1, 0.15) is 38.8 Å². The first-order valence-corrected chi connectivity index (χ1v) is 11.2. The van der Waals surface area contributed by atoms with Gasteiger partial charge in [0, 0.05) is 17.5 Å². The van der Waals surface area contributed by atoms with Crippen molar-refractivity contribution >= 4 is 29.8 Å². The molecule has 2 rings (SSSR count). The first-order valence-electron chi connectivity index (χ1n) is 10.8. The molecule has 18 heteroatoms. The molecule has 1 aromatic rings. The lowest BCUT2D eigenvalue weighted by molar-refractivity contribution is -0.768. The number of carbonyl (C=O) groups is 2. The summed E-state index contributed by atoms with van der Waals surface area (Å²) in [6.07, 6.45) is -12.1. The zero-order chi connectivity index (χ0) is 29.7. The molecule has 0 spiro atoms. The van der Waals surface area contributed by atoms with Crippen LogP contribution in [0.2, 0.25) is 5.02 Å². The Labute approximate surface area is 222 Å². The van der Waals surface area contributed by atoms with Crippen LogP contribution < -0.4 is 4.74 Å². The fourth-order valence-electron chi connectivity index (χ4n) is 3.15. The largest absolute Gasteiger partial charge is 0.511 e. The van der Waals surface area contributed by atoms with Crippen molar-refractivity contribution in [2.24, 2.45) is 0 Å². The number of rotatable bonds is 10. The van der Waals surface area contributed by atoms with Gasteiger partial charge in [-0.15, -0.1) is 20.2 Å². The topological polar surface area (TPSA) is 176 Å². The van der Waals surface area contributed by atoms with E-state index in [0.717, 1.165) is 13.0 Å². The molecule has 0 N–H and O–H groups in total. The van der Waals surface area contributed by atoms with Crippen molar-refractivity contribution in [3.8, 4) is 5.75 Å². The molecule has 2 unspecified atom stereocenters. The van der Waals surface area contributed by atoms with Crippen molar-refractivity contribution in [2.75, 3.05) is 13.2 Å². The van der Waals surface area contributed by atoms with Crippen molar-refractivity contribution in [1.29, 1.82) is 0 Å². The standard InChI is InChI=1S/C21H22ClF3N2O12/c1-10(37-19(29)38-12(8-34-26(30)31)9-35-27(32)33)36-18(28)13-5-11-6-15(22)14(20(2,3)4)7-16(11)39-17(13)21(23,24)25/h5-7,10,12,17H,8-9H2,1-4H3. The summed E-state index contributed by atoms with van der Waals surface area (Å²) in [5, 5.41) is 18.3. The fraction of sp³-hybridized carbons (Fsp3) is 0.524.